The molecule has 0 saturated heterocycles. The molecule has 0 saturated carbocycles. The summed E-state index contributed by atoms with van der Waals surface area (Å²) in [6.45, 7) is 2.43. The zero-order chi connectivity index (χ0) is 17.3. The molecular formula is C17H15N5O2. The van der Waals surface area contributed by atoms with E-state index < -0.39 is 4.92 Å². The molecule has 0 aliphatic rings. The highest BCUT2D eigenvalue weighted by Crippen LogP contribution is 2.23. The number of nitro groups is 1. The number of imidazole rings is 1. The van der Waals surface area contributed by atoms with Gasteiger partial charge in [0, 0.05) is 19.2 Å². The van der Waals surface area contributed by atoms with Crippen molar-refractivity contribution in [3.05, 3.63) is 63.5 Å². The Morgan fingerprint density at radius 3 is 2.83 bits per heavy atom. The van der Waals surface area contributed by atoms with Crippen molar-refractivity contribution >= 4 is 22.4 Å². The molecule has 7 nitrogen and oxygen atoms in total. The molecule has 0 aliphatic carbocycles. The van der Waals surface area contributed by atoms with E-state index in [4.69, 9.17) is 0 Å². The fourth-order valence-corrected chi connectivity index (χ4v) is 2.58. The lowest BCUT2D eigenvalue weighted by Gasteiger charge is -2.08. The van der Waals surface area contributed by atoms with Gasteiger partial charge in [-0.05, 0) is 30.7 Å². The molecule has 3 rings (SSSR count). The molecule has 0 bridgehead atoms. The first-order valence-corrected chi connectivity index (χ1v) is 7.34. The van der Waals surface area contributed by atoms with E-state index in [2.05, 4.69) is 10.3 Å². The molecule has 1 aromatic heterocycles. The molecule has 0 unspecified atom stereocenters. The Bertz CT molecular complexity index is 985. The van der Waals surface area contributed by atoms with Crippen LogP contribution in [0.4, 0.5) is 11.4 Å². The quantitative estimate of drug-likeness (QED) is 0.587. The van der Waals surface area contributed by atoms with Crippen LogP contribution in [-0.2, 0) is 13.6 Å². The summed E-state index contributed by atoms with van der Waals surface area (Å²) < 4.78 is 1.99. The second-order valence-corrected chi connectivity index (χ2v) is 5.53. The Morgan fingerprint density at radius 1 is 1.33 bits per heavy atom. The summed E-state index contributed by atoms with van der Waals surface area (Å²) in [6.07, 6.45) is 0. The van der Waals surface area contributed by atoms with Gasteiger partial charge in [0.15, 0.2) is 0 Å². The SMILES string of the molecule is Cc1ccc2c(c1)nc(CNc1ccc([N+](=O)[O-])cc1C#N)n2C. The van der Waals surface area contributed by atoms with Crippen LogP contribution in [-0.4, -0.2) is 14.5 Å². The third-order valence-corrected chi connectivity index (χ3v) is 3.90. The van der Waals surface area contributed by atoms with Crippen LogP contribution < -0.4 is 5.32 Å². The maximum Gasteiger partial charge on any atom is 0.270 e. The number of fused-ring (bicyclic) bond motifs is 1. The van der Waals surface area contributed by atoms with Crippen LogP contribution in [0.1, 0.15) is 17.0 Å². The fourth-order valence-electron chi connectivity index (χ4n) is 2.58. The van der Waals surface area contributed by atoms with Crippen molar-refractivity contribution in [1.29, 1.82) is 5.26 Å². The summed E-state index contributed by atoms with van der Waals surface area (Å²) in [5.74, 6) is 0.817. The minimum absolute atomic E-state index is 0.102. The maximum absolute atomic E-state index is 10.8. The van der Waals surface area contributed by atoms with E-state index in [0.29, 0.717) is 12.2 Å². The lowest BCUT2D eigenvalue weighted by atomic mass is 10.1. The summed E-state index contributed by atoms with van der Waals surface area (Å²) in [6, 6.07) is 12.2. The molecular weight excluding hydrogens is 306 g/mol. The number of anilines is 1. The smallest absolute Gasteiger partial charge is 0.270 e. The van der Waals surface area contributed by atoms with E-state index in [0.717, 1.165) is 22.4 Å². The number of hydrogen-bond donors (Lipinski definition) is 1. The van der Waals surface area contributed by atoms with E-state index in [1.165, 1.54) is 12.1 Å². The fraction of sp³-hybridized carbons (Fsp3) is 0.176. The normalized spacial score (nSPS) is 10.5. The summed E-state index contributed by atoms with van der Waals surface area (Å²) in [4.78, 5) is 14.9. The topological polar surface area (TPSA) is 96.8 Å². The van der Waals surface area contributed by atoms with E-state index in [-0.39, 0.29) is 11.3 Å². The van der Waals surface area contributed by atoms with Gasteiger partial charge >= 0.3 is 0 Å². The highest BCUT2D eigenvalue weighted by molar-refractivity contribution is 5.76. The number of rotatable bonds is 4. The molecule has 3 aromatic rings. The summed E-state index contributed by atoms with van der Waals surface area (Å²) >= 11 is 0. The number of non-ortho nitro benzene ring substituents is 1. The first kappa shape index (κ1) is 15.5. The second kappa shape index (κ2) is 6.01. The number of nitriles is 1. The van der Waals surface area contributed by atoms with Gasteiger partial charge in [0.2, 0.25) is 0 Å². The summed E-state index contributed by atoms with van der Waals surface area (Å²) in [5.41, 5.74) is 3.77. The lowest BCUT2D eigenvalue weighted by Crippen LogP contribution is -2.07. The number of nitrogens with one attached hydrogen (secondary N) is 1. The van der Waals surface area contributed by atoms with Crippen LogP contribution in [0.3, 0.4) is 0 Å². The van der Waals surface area contributed by atoms with Crippen molar-refractivity contribution < 1.29 is 4.92 Å². The van der Waals surface area contributed by atoms with E-state index in [1.807, 2.05) is 42.8 Å². The third kappa shape index (κ3) is 2.77. The molecule has 120 valence electrons. The first-order chi connectivity index (χ1) is 11.5. The number of benzene rings is 2. The van der Waals surface area contributed by atoms with Gasteiger partial charge in [-0.1, -0.05) is 6.07 Å². The molecule has 0 spiro atoms. The van der Waals surface area contributed by atoms with Crippen LogP contribution in [0, 0.1) is 28.4 Å². The van der Waals surface area contributed by atoms with E-state index >= 15 is 0 Å². The Morgan fingerprint density at radius 2 is 2.12 bits per heavy atom. The predicted molar refractivity (Wildman–Crippen MR) is 90.6 cm³/mol. The highest BCUT2D eigenvalue weighted by atomic mass is 16.6. The molecule has 0 radical (unpaired) electrons. The molecule has 1 heterocycles. The number of nitro benzene ring substituents is 1. The number of nitrogens with zero attached hydrogens (tertiary/aromatic N) is 4. The minimum Gasteiger partial charge on any atom is -0.377 e. The van der Waals surface area contributed by atoms with Gasteiger partial charge in [-0.25, -0.2) is 4.98 Å². The van der Waals surface area contributed by atoms with Crippen molar-refractivity contribution in [1.82, 2.24) is 9.55 Å². The first-order valence-electron chi connectivity index (χ1n) is 7.34. The molecule has 2 aromatic carbocycles. The van der Waals surface area contributed by atoms with Crippen LogP contribution in [0.15, 0.2) is 36.4 Å². The van der Waals surface area contributed by atoms with Crippen LogP contribution in [0.25, 0.3) is 11.0 Å². The Labute approximate surface area is 138 Å². The average Bonchev–Trinajstić information content (AvgIpc) is 2.87. The Hall–Kier alpha value is -3.40. The van der Waals surface area contributed by atoms with Gasteiger partial charge in [0.1, 0.15) is 11.9 Å². The molecule has 7 heteroatoms. The predicted octanol–water partition coefficient (Wildman–Crippen LogP) is 3.27. The van der Waals surface area contributed by atoms with Gasteiger partial charge < -0.3 is 9.88 Å². The highest BCUT2D eigenvalue weighted by Gasteiger charge is 2.12. The maximum atomic E-state index is 10.8. The molecule has 0 atom stereocenters. The number of aryl methyl sites for hydroxylation is 2. The van der Waals surface area contributed by atoms with Gasteiger partial charge in [0.05, 0.1) is 33.8 Å². The zero-order valence-corrected chi connectivity index (χ0v) is 13.3. The molecule has 0 amide bonds. The molecule has 1 N–H and O–H groups in total. The van der Waals surface area contributed by atoms with Crippen molar-refractivity contribution in [2.45, 2.75) is 13.5 Å². The van der Waals surface area contributed by atoms with E-state index in [9.17, 15) is 15.4 Å². The third-order valence-electron chi connectivity index (χ3n) is 3.90. The van der Waals surface area contributed by atoms with Crippen molar-refractivity contribution in [2.75, 3.05) is 5.32 Å². The molecule has 0 fully saturated rings. The average molecular weight is 321 g/mol. The number of hydrogen-bond acceptors (Lipinski definition) is 5. The van der Waals surface area contributed by atoms with Crippen LogP contribution in [0.5, 0.6) is 0 Å². The van der Waals surface area contributed by atoms with E-state index in [1.54, 1.807) is 6.07 Å². The van der Waals surface area contributed by atoms with Gasteiger partial charge in [-0.2, -0.15) is 5.26 Å². The Balaban J connectivity index is 1.87. The zero-order valence-electron chi connectivity index (χ0n) is 13.3. The van der Waals surface area contributed by atoms with Crippen LogP contribution in [0.2, 0.25) is 0 Å². The van der Waals surface area contributed by atoms with Gasteiger partial charge in [0.25, 0.3) is 5.69 Å². The largest absolute Gasteiger partial charge is 0.377 e. The van der Waals surface area contributed by atoms with Gasteiger partial charge in [-0.15, -0.1) is 0 Å². The van der Waals surface area contributed by atoms with Crippen molar-refractivity contribution in [3.8, 4) is 6.07 Å². The molecule has 24 heavy (non-hydrogen) atoms. The van der Waals surface area contributed by atoms with Crippen molar-refractivity contribution in [3.63, 3.8) is 0 Å². The minimum atomic E-state index is -0.515. The number of aromatic nitrogens is 2. The summed E-state index contributed by atoms with van der Waals surface area (Å²) in [5, 5.41) is 23.1. The van der Waals surface area contributed by atoms with Crippen molar-refractivity contribution in [2.24, 2.45) is 7.05 Å². The molecule has 0 aliphatic heterocycles. The van der Waals surface area contributed by atoms with Gasteiger partial charge in [-0.3, -0.25) is 10.1 Å². The monoisotopic (exact) mass is 321 g/mol. The second-order valence-electron chi connectivity index (χ2n) is 5.53. The Kier molecular flexibility index (Phi) is 3.88. The lowest BCUT2D eigenvalue weighted by molar-refractivity contribution is -0.384. The standard InChI is InChI=1S/C17H15N5O2/c1-11-3-6-16-15(7-11)20-17(21(16)2)10-19-14-5-4-13(22(23)24)8-12(14)9-18/h3-8,19H,10H2,1-2H3. The summed E-state index contributed by atoms with van der Waals surface area (Å²) in [7, 11) is 1.93. The van der Waals surface area contributed by atoms with Crippen LogP contribution >= 0.6 is 0 Å².